The first-order valence-corrected chi connectivity index (χ1v) is 7.88. The predicted octanol–water partition coefficient (Wildman–Crippen LogP) is 4.79. The van der Waals surface area contributed by atoms with Crippen LogP contribution in [0.3, 0.4) is 0 Å². The van der Waals surface area contributed by atoms with Crippen molar-refractivity contribution in [3.05, 3.63) is 66.7 Å². The highest BCUT2D eigenvalue weighted by Gasteiger charge is 2.04. The highest BCUT2D eigenvalue weighted by Crippen LogP contribution is 2.30. The minimum Gasteiger partial charge on any atom is -0.457 e. The molecule has 4 nitrogen and oxygen atoms in total. The third-order valence-electron chi connectivity index (χ3n) is 3.09. The van der Waals surface area contributed by atoms with E-state index in [-0.39, 0.29) is 0 Å². The molecule has 0 fully saturated rings. The minimum atomic E-state index is -1.77. The normalized spacial score (nSPS) is 12.0. The third kappa shape index (κ3) is 3.39. The monoisotopic (exact) mass is 333 g/mol. The van der Waals surface area contributed by atoms with Crippen LogP contribution in [0.2, 0.25) is 0 Å². The Kier molecular flexibility index (Phi) is 4.58. The van der Waals surface area contributed by atoms with Gasteiger partial charge >= 0.3 is 0 Å². The number of benzene rings is 3. The summed E-state index contributed by atoms with van der Waals surface area (Å²) in [6, 6.07) is 20.9. The van der Waals surface area contributed by atoms with E-state index >= 15 is 0 Å². The summed E-state index contributed by atoms with van der Waals surface area (Å²) >= 11 is 3.24. The Bertz CT molecular complexity index is 803. The van der Waals surface area contributed by atoms with E-state index in [1.54, 1.807) is 24.3 Å². The summed E-state index contributed by atoms with van der Waals surface area (Å²) in [6.45, 7) is 0. The summed E-state index contributed by atoms with van der Waals surface area (Å²) < 4.78 is 23.7. The van der Waals surface area contributed by atoms with Crippen molar-refractivity contribution in [3.8, 4) is 11.5 Å². The Morgan fingerprint density at radius 2 is 1.64 bits per heavy atom. The zero-order chi connectivity index (χ0) is 15.4. The van der Waals surface area contributed by atoms with Gasteiger partial charge in [-0.2, -0.15) is 3.74 Å². The second kappa shape index (κ2) is 6.79. The maximum absolute atomic E-state index is 11.1. The molecule has 3 aromatic rings. The lowest BCUT2D eigenvalue weighted by Crippen LogP contribution is -2.02. The predicted molar refractivity (Wildman–Crippen MR) is 89.2 cm³/mol. The van der Waals surface area contributed by atoms with Gasteiger partial charge in [0, 0.05) is 11.1 Å². The van der Waals surface area contributed by atoms with E-state index in [4.69, 9.17) is 16.6 Å². The average molecular weight is 334 g/mol. The van der Waals surface area contributed by atoms with Crippen LogP contribution in [-0.4, -0.2) is 4.21 Å². The molecule has 0 spiro atoms. The van der Waals surface area contributed by atoms with Crippen LogP contribution in [0.1, 0.15) is 0 Å². The van der Waals surface area contributed by atoms with Gasteiger partial charge in [0.2, 0.25) is 0 Å². The third-order valence-corrected chi connectivity index (χ3v) is 3.95. The maximum Gasteiger partial charge on any atom is 0.279 e. The van der Waals surface area contributed by atoms with Crippen molar-refractivity contribution in [1.82, 2.24) is 0 Å². The average Bonchev–Trinajstić information content (AvgIpc) is 2.57. The Labute approximate surface area is 135 Å². The molecule has 112 valence electrons. The van der Waals surface area contributed by atoms with Crippen LogP contribution in [-0.2, 0) is 15.0 Å². The largest absolute Gasteiger partial charge is 0.457 e. The number of anilines is 1. The second-order valence-corrected chi connectivity index (χ2v) is 5.68. The van der Waals surface area contributed by atoms with Gasteiger partial charge in [-0.3, -0.25) is 4.72 Å². The highest BCUT2D eigenvalue weighted by molar-refractivity contribution is 7.82. The van der Waals surface area contributed by atoms with Gasteiger partial charge in [0.15, 0.2) is 0 Å². The van der Waals surface area contributed by atoms with Gasteiger partial charge in [0.1, 0.15) is 11.5 Å². The van der Waals surface area contributed by atoms with E-state index in [0.29, 0.717) is 11.4 Å². The fourth-order valence-corrected chi connectivity index (χ4v) is 2.57. The lowest BCUT2D eigenvalue weighted by molar-refractivity contribution is 0.488. The molecular formula is C16H12ClNO3S. The molecule has 0 bridgehead atoms. The van der Waals surface area contributed by atoms with Crippen LogP contribution in [0.4, 0.5) is 5.69 Å². The number of halogens is 1. The Balaban J connectivity index is 1.82. The van der Waals surface area contributed by atoms with E-state index in [0.717, 1.165) is 16.5 Å². The lowest BCUT2D eigenvalue weighted by Gasteiger charge is -2.09. The number of fused-ring (bicyclic) bond motifs is 1. The number of hydrogen-bond acceptors (Lipinski definition) is 3. The van der Waals surface area contributed by atoms with Gasteiger partial charge < -0.3 is 4.74 Å². The Morgan fingerprint density at radius 3 is 2.41 bits per heavy atom. The summed E-state index contributed by atoms with van der Waals surface area (Å²) in [5, 5.41) is 2.16. The lowest BCUT2D eigenvalue weighted by atomic mass is 10.1. The zero-order valence-corrected chi connectivity index (χ0v) is 12.9. The van der Waals surface area contributed by atoms with Crippen molar-refractivity contribution in [1.29, 1.82) is 0 Å². The van der Waals surface area contributed by atoms with Gasteiger partial charge in [0.25, 0.3) is 11.3 Å². The van der Waals surface area contributed by atoms with Crippen molar-refractivity contribution in [2.45, 2.75) is 0 Å². The van der Waals surface area contributed by atoms with Gasteiger partial charge in [-0.15, -0.1) is 0 Å². The van der Waals surface area contributed by atoms with Crippen LogP contribution in [0.25, 0.3) is 10.8 Å². The van der Waals surface area contributed by atoms with E-state index in [2.05, 4.69) is 8.46 Å². The van der Waals surface area contributed by atoms with Gasteiger partial charge in [0.05, 0.1) is 11.9 Å². The van der Waals surface area contributed by atoms with Crippen LogP contribution < -0.4 is 9.46 Å². The fraction of sp³-hybridized carbons (Fsp3) is 0. The molecule has 0 saturated carbocycles. The molecule has 22 heavy (non-hydrogen) atoms. The molecule has 6 heteroatoms. The SMILES string of the molecule is O=S(Nc1ccc(Oc2cccc3ccccc23)cc1)OCl. The first-order valence-electron chi connectivity index (χ1n) is 6.49. The second-order valence-electron chi connectivity index (χ2n) is 4.50. The van der Waals surface area contributed by atoms with Crippen molar-refractivity contribution in [2.24, 2.45) is 0 Å². The van der Waals surface area contributed by atoms with Gasteiger partial charge in [-0.25, -0.2) is 4.21 Å². The molecule has 0 aliphatic carbocycles. The molecule has 0 saturated heterocycles. The van der Waals surface area contributed by atoms with Crippen LogP contribution >= 0.6 is 11.9 Å². The smallest absolute Gasteiger partial charge is 0.279 e. The molecule has 0 aliphatic rings. The van der Waals surface area contributed by atoms with E-state index in [1.165, 1.54) is 0 Å². The minimum absolute atomic E-state index is 0.615. The molecular weight excluding hydrogens is 322 g/mol. The van der Waals surface area contributed by atoms with E-state index in [9.17, 15) is 4.21 Å². The molecule has 0 aromatic heterocycles. The first kappa shape index (κ1) is 14.8. The van der Waals surface area contributed by atoms with Crippen molar-refractivity contribution in [2.75, 3.05) is 4.72 Å². The molecule has 1 atom stereocenters. The van der Waals surface area contributed by atoms with Crippen LogP contribution in [0, 0.1) is 0 Å². The molecule has 0 radical (unpaired) electrons. The first-order chi connectivity index (χ1) is 10.8. The summed E-state index contributed by atoms with van der Waals surface area (Å²) in [5.41, 5.74) is 0.615. The highest BCUT2D eigenvalue weighted by atomic mass is 35.5. The van der Waals surface area contributed by atoms with Crippen molar-refractivity contribution in [3.63, 3.8) is 0 Å². The van der Waals surface area contributed by atoms with Crippen molar-refractivity contribution >= 4 is 39.6 Å². The summed E-state index contributed by atoms with van der Waals surface area (Å²) in [6.07, 6.45) is 0. The molecule has 1 unspecified atom stereocenters. The summed E-state index contributed by atoms with van der Waals surface area (Å²) in [4.78, 5) is 0. The van der Waals surface area contributed by atoms with Gasteiger partial charge in [-0.05, 0) is 35.7 Å². The molecule has 3 aromatic carbocycles. The molecule has 0 heterocycles. The summed E-state index contributed by atoms with van der Waals surface area (Å²) in [7, 11) is 0. The fourth-order valence-electron chi connectivity index (χ4n) is 2.11. The number of rotatable bonds is 5. The standard InChI is InChI=1S/C16H12ClNO3S/c17-21-22(19)18-13-8-10-14(11-9-13)20-16-7-3-5-12-4-1-2-6-15(12)16/h1-11,18H. The number of hydrogen-bond donors (Lipinski definition) is 1. The number of ether oxygens (including phenoxy) is 1. The van der Waals surface area contributed by atoms with Crippen LogP contribution in [0.15, 0.2) is 66.7 Å². The summed E-state index contributed by atoms with van der Waals surface area (Å²) in [5.74, 6) is 1.46. The van der Waals surface area contributed by atoms with E-state index < -0.39 is 11.3 Å². The number of nitrogens with one attached hydrogen (secondary N) is 1. The Morgan fingerprint density at radius 1 is 0.909 bits per heavy atom. The van der Waals surface area contributed by atoms with Crippen molar-refractivity contribution < 1.29 is 12.7 Å². The molecule has 1 N–H and O–H groups in total. The zero-order valence-electron chi connectivity index (χ0n) is 11.4. The molecule has 0 aliphatic heterocycles. The molecule has 3 rings (SSSR count). The quantitative estimate of drug-likeness (QED) is 0.730. The maximum atomic E-state index is 11.1. The van der Waals surface area contributed by atoms with Gasteiger partial charge in [-0.1, -0.05) is 36.4 Å². The van der Waals surface area contributed by atoms with Crippen LogP contribution in [0.5, 0.6) is 11.5 Å². The van der Waals surface area contributed by atoms with E-state index in [1.807, 2.05) is 42.5 Å². The topological polar surface area (TPSA) is 47.6 Å². The molecule has 0 amide bonds. The Hall–Kier alpha value is -2.08.